The molecule has 7 heteroatoms. The molecule has 0 unspecified atom stereocenters. The van der Waals surface area contributed by atoms with Gasteiger partial charge in [-0.3, -0.25) is 19.5 Å². The van der Waals surface area contributed by atoms with Gasteiger partial charge in [-0.25, -0.2) is 0 Å². The molecule has 1 saturated carbocycles. The lowest BCUT2D eigenvalue weighted by molar-refractivity contribution is 0.0657. The van der Waals surface area contributed by atoms with Crippen LogP contribution in [0.3, 0.4) is 0 Å². The number of benzene rings is 1. The summed E-state index contributed by atoms with van der Waals surface area (Å²) in [7, 11) is 3.48. The highest BCUT2D eigenvalue weighted by Gasteiger charge is 2.35. The van der Waals surface area contributed by atoms with E-state index in [1.54, 1.807) is 38.4 Å². The van der Waals surface area contributed by atoms with Gasteiger partial charge in [0.15, 0.2) is 5.96 Å². The zero-order valence-electron chi connectivity index (χ0n) is 16.8. The number of ether oxygens (including phenoxy) is 1. The van der Waals surface area contributed by atoms with E-state index in [0.29, 0.717) is 30.2 Å². The molecule has 2 aliphatic rings. The molecule has 1 aliphatic heterocycles. The van der Waals surface area contributed by atoms with Gasteiger partial charge in [-0.2, -0.15) is 0 Å². The molecule has 1 aliphatic carbocycles. The highest BCUT2D eigenvalue weighted by atomic mass is 16.5. The lowest BCUT2D eigenvalue weighted by Crippen LogP contribution is -2.46. The van der Waals surface area contributed by atoms with Gasteiger partial charge in [-0.1, -0.05) is 25.0 Å². The number of imide groups is 1. The van der Waals surface area contributed by atoms with Gasteiger partial charge in [-0.15, -0.1) is 0 Å². The Hall–Kier alpha value is -2.41. The monoisotopic (exact) mass is 386 g/mol. The number of rotatable bonds is 8. The molecule has 1 aromatic rings. The van der Waals surface area contributed by atoms with E-state index in [1.165, 1.54) is 30.6 Å². The summed E-state index contributed by atoms with van der Waals surface area (Å²) >= 11 is 0. The predicted molar refractivity (Wildman–Crippen MR) is 109 cm³/mol. The van der Waals surface area contributed by atoms with E-state index < -0.39 is 0 Å². The van der Waals surface area contributed by atoms with Crippen molar-refractivity contribution in [3.05, 3.63) is 35.4 Å². The molecule has 0 bridgehead atoms. The van der Waals surface area contributed by atoms with Gasteiger partial charge in [0, 0.05) is 40.4 Å². The van der Waals surface area contributed by atoms with Gasteiger partial charge in [0.05, 0.1) is 11.1 Å². The highest BCUT2D eigenvalue weighted by Crippen LogP contribution is 2.40. The Morgan fingerprint density at radius 2 is 1.79 bits per heavy atom. The van der Waals surface area contributed by atoms with Crippen molar-refractivity contribution in [2.24, 2.45) is 10.4 Å². The molecular weight excluding hydrogens is 356 g/mol. The van der Waals surface area contributed by atoms with Crippen molar-refractivity contribution in [1.82, 2.24) is 15.5 Å². The average molecular weight is 386 g/mol. The van der Waals surface area contributed by atoms with Crippen LogP contribution in [0.15, 0.2) is 29.3 Å². The second-order valence-corrected chi connectivity index (χ2v) is 7.61. The van der Waals surface area contributed by atoms with Crippen molar-refractivity contribution in [3.63, 3.8) is 0 Å². The first-order valence-corrected chi connectivity index (χ1v) is 9.99. The van der Waals surface area contributed by atoms with E-state index in [0.717, 1.165) is 19.6 Å². The van der Waals surface area contributed by atoms with Gasteiger partial charge in [-0.05, 0) is 36.8 Å². The molecule has 0 aromatic heterocycles. The minimum absolute atomic E-state index is 0.227. The smallest absolute Gasteiger partial charge is 0.261 e. The van der Waals surface area contributed by atoms with Crippen molar-refractivity contribution in [3.8, 4) is 0 Å². The van der Waals surface area contributed by atoms with Crippen molar-refractivity contribution in [1.29, 1.82) is 0 Å². The van der Waals surface area contributed by atoms with Gasteiger partial charge < -0.3 is 15.4 Å². The number of guanidine groups is 1. The zero-order chi connectivity index (χ0) is 20.0. The Morgan fingerprint density at radius 3 is 2.36 bits per heavy atom. The molecule has 3 rings (SSSR count). The SMILES string of the molecule is CN=C(NCCN1C(=O)c2ccccc2C1=O)NCC1(CCOC)CCCC1. The largest absolute Gasteiger partial charge is 0.385 e. The van der Waals surface area contributed by atoms with Gasteiger partial charge >= 0.3 is 0 Å². The van der Waals surface area contributed by atoms with Gasteiger partial charge in [0.1, 0.15) is 0 Å². The first kappa shape index (κ1) is 20.3. The van der Waals surface area contributed by atoms with Crippen LogP contribution in [0, 0.1) is 5.41 Å². The Balaban J connectivity index is 1.49. The van der Waals surface area contributed by atoms with E-state index in [4.69, 9.17) is 4.74 Å². The molecule has 0 radical (unpaired) electrons. The van der Waals surface area contributed by atoms with Crippen LogP contribution in [-0.4, -0.2) is 63.1 Å². The number of methoxy groups -OCH3 is 1. The number of amides is 2. The topological polar surface area (TPSA) is 83.0 Å². The number of carbonyl (C=O) groups excluding carboxylic acids is 2. The van der Waals surface area contributed by atoms with Crippen LogP contribution in [0.4, 0.5) is 0 Å². The van der Waals surface area contributed by atoms with Crippen LogP contribution in [0.1, 0.15) is 52.8 Å². The van der Waals surface area contributed by atoms with Crippen molar-refractivity contribution in [2.75, 3.05) is 40.4 Å². The van der Waals surface area contributed by atoms with Crippen molar-refractivity contribution >= 4 is 17.8 Å². The molecule has 2 amide bonds. The summed E-state index contributed by atoms with van der Waals surface area (Å²) in [6, 6.07) is 6.95. The Bertz CT molecular complexity index is 706. The van der Waals surface area contributed by atoms with Crippen LogP contribution in [0.5, 0.6) is 0 Å². The predicted octanol–water partition coefficient (Wildman–Crippen LogP) is 2.04. The molecule has 0 spiro atoms. The molecule has 7 nitrogen and oxygen atoms in total. The first-order chi connectivity index (χ1) is 13.6. The van der Waals surface area contributed by atoms with E-state index in [-0.39, 0.29) is 17.2 Å². The summed E-state index contributed by atoms with van der Waals surface area (Å²) in [6.45, 7) is 2.38. The molecule has 1 fully saturated rings. The van der Waals surface area contributed by atoms with Crippen LogP contribution >= 0.6 is 0 Å². The number of nitrogens with one attached hydrogen (secondary N) is 2. The fourth-order valence-corrected chi connectivity index (χ4v) is 4.18. The number of fused-ring (bicyclic) bond motifs is 1. The summed E-state index contributed by atoms with van der Waals surface area (Å²) in [4.78, 5) is 30.4. The average Bonchev–Trinajstić information content (AvgIpc) is 3.28. The number of hydrogen-bond acceptors (Lipinski definition) is 4. The molecule has 2 N–H and O–H groups in total. The number of carbonyl (C=O) groups is 2. The molecular formula is C21H30N4O3. The molecule has 1 aromatic carbocycles. The normalized spacial score (nSPS) is 18.5. The Morgan fingerprint density at radius 1 is 1.14 bits per heavy atom. The molecule has 0 saturated heterocycles. The fraction of sp³-hybridized carbons (Fsp3) is 0.571. The minimum atomic E-state index is -0.227. The lowest BCUT2D eigenvalue weighted by atomic mass is 9.83. The number of nitrogens with zero attached hydrogens (tertiary/aromatic N) is 2. The fourth-order valence-electron chi connectivity index (χ4n) is 4.18. The van der Waals surface area contributed by atoms with Crippen LogP contribution in [-0.2, 0) is 4.74 Å². The Labute approximate surface area is 166 Å². The lowest BCUT2D eigenvalue weighted by Gasteiger charge is -2.30. The third kappa shape index (κ3) is 4.35. The van der Waals surface area contributed by atoms with Crippen LogP contribution in [0.25, 0.3) is 0 Å². The zero-order valence-corrected chi connectivity index (χ0v) is 16.8. The van der Waals surface area contributed by atoms with E-state index in [1.807, 2.05) is 0 Å². The molecule has 0 atom stereocenters. The van der Waals surface area contributed by atoms with E-state index >= 15 is 0 Å². The summed E-state index contributed by atoms with van der Waals surface area (Å²) < 4.78 is 5.29. The second-order valence-electron chi connectivity index (χ2n) is 7.61. The number of aliphatic imine (C=N–C) groups is 1. The van der Waals surface area contributed by atoms with Crippen LogP contribution < -0.4 is 10.6 Å². The summed E-state index contributed by atoms with van der Waals surface area (Å²) in [6.07, 6.45) is 5.97. The maximum atomic E-state index is 12.4. The quantitative estimate of drug-likeness (QED) is 0.406. The van der Waals surface area contributed by atoms with E-state index in [9.17, 15) is 9.59 Å². The third-order valence-corrected chi connectivity index (χ3v) is 5.86. The second kappa shape index (κ2) is 9.19. The minimum Gasteiger partial charge on any atom is -0.385 e. The molecule has 152 valence electrons. The standard InChI is InChI=1S/C21H30N4O3/c1-22-20(24-15-21(11-14-28-2)9-5-6-10-21)23-12-13-25-18(26)16-7-3-4-8-17(16)19(25)27/h3-4,7-8H,5-6,9-15H2,1-2H3,(H2,22,23,24). The highest BCUT2D eigenvalue weighted by molar-refractivity contribution is 6.21. The van der Waals surface area contributed by atoms with Gasteiger partial charge in [0.25, 0.3) is 11.8 Å². The molecule has 28 heavy (non-hydrogen) atoms. The summed E-state index contributed by atoms with van der Waals surface area (Å²) in [5.74, 6) is 0.241. The maximum absolute atomic E-state index is 12.4. The van der Waals surface area contributed by atoms with Crippen LogP contribution in [0.2, 0.25) is 0 Å². The third-order valence-electron chi connectivity index (χ3n) is 5.86. The first-order valence-electron chi connectivity index (χ1n) is 9.99. The van der Waals surface area contributed by atoms with E-state index in [2.05, 4.69) is 15.6 Å². The summed E-state index contributed by atoms with van der Waals surface area (Å²) in [5.41, 5.74) is 1.23. The van der Waals surface area contributed by atoms with Crippen molar-refractivity contribution in [2.45, 2.75) is 32.1 Å². The number of hydrogen-bond donors (Lipinski definition) is 2. The summed E-state index contributed by atoms with van der Waals surface area (Å²) in [5, 5.41) is 6.64. The molecule has 1 heterocycles. The Kier molecular flexibility index (Phi) is 6.67. The van der Waals surface area contributed by atoms with Crippen molar-refractivity contribution < 1.29 is 14.3 Å². The van der Waals surface area contributed by atoms with Gasteiger partial charge in [0.2, 0.25) is 0 Å². The maximum Gasteiger partial charge on any atom is 0.261 e.